The van der Waals surface area contributed by atoms with Gasteiger partial charge in [-0.2, -0.15) is 0 Å². The number of phenolic OH excluding ortho intramolecular Hbond substituents is 2. The van der Waals surface area contributed by atoms with E-state index < -0.39 is 0 Å². The Bertz CT molecular complexity index is 370. The smallest absolute Gasteiger partial charge is 0.161 e. The Kier molecular flexibility index (Phi) is 5.33. The monoisotopic (exact) mass is 236 g/mol. The molecule has 96 valence electrons. The van der Waals surface area contributed by atoms with Gasteiger partial charge in [0.25, 0.3) is 0 Å². The average molecular weight is 236 g/mol. The van der Waals surface area contributed by atoms with Crippen LogP contribution in [0.2, 0.25) is 0 Å². The van der Waals surface area contributed by atoms with Crippen LogP contribution >= 0.6 is 0 Å². The summed E-state index contributed by atoms with van der Waals surface area (Å²) in [6, 6.07) is 2.08. The Morgan fingerprint density at radius 3 is 2.12 bits per heavy atom. The van der Waals surface area contributed by atoms with Gasteiger partial charge in [0, 0.05) is 5.56 Å². The van der Waals surface area contributed by atoms with Crippen LogP contribution in [-0.2, 0) is 19.3 Å². The Hall–Kier alpha value is -1.18. The normalized spacial score (nSPS) is 10.8. The molecule has 0 aliphatic carbocycles. The van der Waals surface area contributed by atoms with E-state index in [1.807, 2.05) is 6.92 Å². The van der Waals surface area contributed by atoms with Crippen LogP contribution in [0.4, 0.5) is 0 Å². The lowest BCUT2D eigenvalue weighted by molar-refractivity contribution is 0.394. The van der Waals surface area contributed by atoms with Crippen molar-refractivity contribution in [2.75, 3.05) is 0 Å². The highest BCUT2D eigenvalue weighted by molar-refractivity contribution is 5.54. The summed E-state index contributed by atoms with van der Waals surface area (Å²) in [5, 5.41) is 20.0. The maximum absolute atomic E-state index is 10.0. The molecule has 0 saturated carbocycles. The van der Waals surface area contributed by atoms with Crippen molar-refractivity contribution in [3.05, 3.63) is 22.8 Å². The minimum Gasteiger partial charge on any atom is -0.504 e. The summed E-state index contributed by atoms with van der Waals surface area (Å²) in [6.07, 6.45) is 5.78. The van der Waals surface area contributed by atoms with E-state index >= 15 is 0 Å². The summed E-state index contributed by atoms with van der Waals surface area (Å²) in [5.41, 5.74) is 2.99. The fraction of sp³-hybridized carbons (Fsp3) is 0.600. The second-order valence-corrected chi connectivity index (χ2v) is 4.58. The van der Waals surface area contributed by atoms with Crippen LogP contribution in [0.3, 0.4) is 0 Å². The highest BCUT2D eigenvalue weighted by atomic mass is 16.3. The van der Waals surface area contributed by atoms with Crippen molar-refractivity contribution < 1.29 is 10.2 Å². The van der Waals surface area contributed by atoms with Crippen LogP contribution in [0.15, 0.2) is 6.07 Å². The van der Waals surface area contributed by atoms with Gasteiger partial charge in [0.1, 0.15) is 0 Å². The molecular weight excluding hydrogens is 212 g/mol. The van der Waals surface area contributed by atoms with Crippen molar-refractivity contribution in [3.63, 3.8) is 0 Å². The third-order valence-corrected chi connectivity index (χ3v) is 3.22. The van der Waals surface area contributed by atoms with E-state index in [1.54, 1.807) is 0 Å². The average Bonchev–Trinajstić information content (AvgIpc) is 2.32. The molecule has 0 bridgehead atoms. The zero-order valence-electron chi connectivity index (χ0n) is 11.2. The quantitative estimate of drug-likeness (QED) is 0.734. The summed E-state index contributed by atoms with van der Waals surface area (Å²) in [5.74, 6) is 0.194. The first-order valence-electron chi connectivity index (χ1n) is 6.71. The molecule has 0 unspecified atom stereocenters. The van der Waals surface area contributed by atoms with Crippen LogP contribution in [0.1, 0.15) is 56.7 Å². The fourth-order valence-electron chi connectivity index (χ4n) is 2.26. The van der Waals surface area contributed by atoms with Crippen molar-refractivity contribution in [1.29, 1.82) is 0 Å². The number of aryl methyl sites for hydroxylation is 2. The molecule has 0 heterocycles. The number of hydrogen-bond acceptors (Lipinski definition) is 2. The molecule has 1 aromatic rings. The summed E-state index contributed by atoms with van der Waals surface area (Å²) in [4.78, 5) is 0. The molecule has 0 amide bonds. The van der Waals surface area contributed by atoms with Crippen LogP contribution in [0.5, 0.6) is 11.5 Å². The Balaban J connectivity index is 3.15. The molecule has 0 radical (unpaired) electrons. The standard InChI is InChI=1S/C15H24O2/c1-4-7-9-12-10-11(8-5-2)13(6-3)15(17)14(12)16/h10,16-17H,4-9H2,1-3H3. The molecule has 0 aliphatic heterocycles. The molecule has 1 rings (SSSR count). The SMILES string of the molecule is CCCCc1cc(CCC)c(CC)c(O)c1O. The molecule has 17 heavy (non-hydrogen) atoms. The van der Waals surface area contributed by atoms with Gasteiger partial charge in [-0.3, -0.25) is 0 Å². The predicted octanol–water partition coefficient (Wildman–Crippen LogP) is 3.96. The molecule has 0 saturated heterocycles. The Labute approximate surface area is 104 Å². The summed E-state index contributed by atoms with van der Waals surface area (Å²) in [6.45, 7) is 6.28. The van der Waals surface area contributed by atoms with Crippen LogP contribution in [0, 0.1) is 0 Å². The van der Waals surface area contributed by atoms with Crippen LogP contribution < -0.4 is 0 Å². The zero-order valence-corrected chi connectivity index (χ0v) is 11.2. The number of phenols is 2. The van der Waals surface area contributed by atoms with Gasteiger partial charge in [-0.25, -0.2) is 0 Å². The molecular formula is C15H24O2. The lowest BCUT2D eigenvalue weighted by Crippen LogP contribution is -1.98. The highest BCUT2D eigenvalue weighted by Crippen LogP contribution is 2.37. The van der Waals surface area contributed by atoms with Crippen LogP contribution in [-0.4, -0.2) is 10.2 Å². The first-order chi connectivity index (χ1) is 8.15. The van der Waals surface area contributed by atoms with Gasteiger partial charge in [-0.15, -0.1) is 0 Å². The largest absolute Gasteiger partial charge is 0.504 e. The Morgan fingerprint density at radius 1 is 0.882 bits per heavy atom. The number of hydrogen-bond donors (Lipinski definition) is 2. The van der Waals surface area contributed by atoms with Gasteiger partial charge in [0.05, 0.1) is 0 Å². The van der Waals surface area contributed by atoms with Crippen molar-refractivity contribution in [3.8, 4) is 11.5 Å². The lowest BCUT2D eigenvalue weighted by Gasteiger charge is -2.14. The van der Waals surface area contributed by atoms with E-state index in [2.05, 4.69) is 19.9 Å². The van der Waals surface area contributed by atoms with E-state index in [-0.39, 0.29) is 11.5 Å². The summed E-state index contributed by atoms with van der Waals surface area (Å²) in [7, 11) is 0. The van der Waals surface area contributed by atoms with Gasteiger partial charge in [0.2, 0.25) is 0 Å². The molecule has 2 nitrogen and oxygen atoms in total. The molecule has 0 spiro atoms. The van der Waals surface area contributed by atoms with Gasteiger partial charge < -0.3 is 10.2 Å². The van der Waals surface area contributed by atoms with E-state index in [9.17, 15) is 10.2 Å². The van der Waals surface area contributed by atoms with Crippen molar-refractivity contribution in [1.82, 2.24) is 0 Å². The second-order valence-electron chi connectivity index (χ2n) is 4.58. The van der Waals surface area contributed by atoms with Crippen molar-refractivity contribution in [2.45, 2.75) is 59.3 Å². The topological polar surface area (TPSA) is 40.5 Å². The van der Waals surface area contributed by atoms with Gasteiger partial charge in [-0.1, -0.05) is 39.7 Å². The van der Waals surface area contributed by atoms with E-state index in [0.717, 1.165) is 49.7 Å². The minimum absolute atomic E-state index is 0.0927. The van der Waals surface area contributed by atoms with Crippen molar-refractivity contribution in [2.24, 2.45) is 0 Å². The molecule has 0 atom stereocenters. The van der Waals surface area contributed by atoms with E-state index in [1.165, 1.54) is 5.56 Å². The van der Waals surface area contributed by atoms with Crippen molar-refractivity contribution >= 4 is 0 Å². The van der Waals surface area contributed by atoms with Gasteiger partial charge in [-0.05, 0) is 36.8 Å². The third kappa shape index (κ3) is 3.15. The first kappa shape index (κ1) is 13.9. The zero-order chi connectivity index (χ0) is 12.8. The highest BCUT2D eigenvalue weighted by Gasteiger charge is 2.14. The molecule has 2 N–H and O–H groups in total. The maximum atomic E-state index is 10.0. The number of unbranched alkanes of at least 4 members (excludes halogenated alkanes) is 1. The van der Waals surface area contributed by atoms with Crippen LogP contribution in [0.25, 0.3) is 0 Å². The Morgan fingerprint density at radius 2 is 1.59 bits per heavy atom. The van der Waals surface area contributed by atoms with Gasteiger partial charge in [0.15, 0.2) is 11.5 Å². The number of rotatable bonds is 6. The molecule has 2 heteroatoms. The van der Waals surface area contributed by atoms with E-state index in [0.29, 0.717) is 0 Å². The third-order valence-electron chi connectivity index (χ3n) is 3.22. The summed E-state index contributed by atoms with van der Waals surface area (Å²) < 4.78 is 0. The molecule has 0 fully saturated rings. The second kappa shape index (κ2) is 6.53. The maximum Gasteiger partial charge on any atom is 0.161 e. The van der Waals surface area contributed by atoms with Gasteiger partial charge >= 0.3 is 0 Å². The molecule has 0 aliphatic rings. The van der Waals surface area contributed by atoms with E-state index in [4.69, 9.17) is 0 Å². The lowest BCUT2D eigenvalue weighted by atomic mass is 9.94. The number of benzene rings is 1. The summed E-state index contributed by atoms with van der Waals surface area (Å²) >= 11 is 0. The fourth-order valence-corrected chi connectivity index (χ4v) is 2.26. The predicted molar refractivity (Wildman–Crippen MR) is 71.8 cm³/mol. The number of aromatic hydroxyl groups is 2. The first-order valence-corrected chi connectivity index (χ1v) is 6.71. The molecule has 0 aromatic heterocycles. The molecule has 1 aromatic carbocycles. The minimum atomic E-state index is 0.0927.